The fourth-order valence-electron chi connectivity index (χ4n) is 4.26. The zero-order chi connectivity index (χ0) is 20.3. The first-order valence-corrected chi connectivity index (χ1v) is 11.6. The smallest absolute Gasteiger partial charge is 0.225 e. The Bertz CT molecular complexity index is 776. The predicted octanol–water partition coefficient (Wildman–Crippen LogP) is 2.13. The molecule has 0 unspecified atom stereocenters. The van der Waals surface area contributed by atoms with E-state index >= 15 is 0 Å². The number of carbonyl (C=O) groups excluding carboxylic acids is 1. The van der Waals surface area contributed by atoms with Gasteiger partial charge < -0.3 is 10.0 Å². The molecule has 28 heavy (non-hydrogen) atoms. The first-order valence-electron chi connectivity index (χ1n) is 9.95. The van der Waals surface area contributed by atoms with Crippen molar-refractivity contribution in [1.29, 1.82) is 0 Å². The molecule has 6 nitrogen and oxygen atoms in total. The summed E-state index contributed by atoms with van der Waals surface area (Å²) in [5.41, 5.74) is 0.547. The Labute approximate surface area is 166 Å². The van der Waals surface area contributed by atoms with Crippen molar-refractivity contribution < 1.29 is 22.7 Å². The topological polar surface area (TPSA) is 77.9 Å². The van der Waals surface area contributed by atoms with E-state index in [0.29, 0.717) is 31.5 Å². The third-order valence-corrected chi connectivity index (χ3v) is 7.85. The van der Waals surface area contributed by atoms with Crippen LogP contribution in [0.4, 0.5) is 4.39 Å². The minimum absolute atomic E-state index is 0.00142. The molecular formula is C20H29FN2O4S. The largest absolute Gasteiger partial charge is 0.391 e. The average molecular weight is 413 g/mol. The summed E-state index contributed by atoms with van der Waals surface area (Å²) < 4.78 is 39.7. The van der Waals surface area contributed by atoms with Crippen LogP contribution in [0.5, 0.6) is 0 Å². The Balaban J connectivity index is 1.55. The highest BCUT2D eigenvalue weighted by atomic mass is 32.2. The van der Waals surface area contributed by atoms with E-state index in [9.17, 15) is 22.7 Å². The van der Waals surface area contributed by atoms with Crippen LogP contribution < -0.4 is 0 Å². The highest BCUT2D eigenvalue weighted by Gasteiger charge is 2.36. The molecule has 1 amide bonds. The number of amides is 1. The maximum absolute atomic E-state index is 13.0. The van der Waals surface area contributed by atoms with Crippen molar-refractivity contribution in [3.8, 4) is 0 Å². The van der Waals surface area contributed by atoms with Gasteiger partial charge in [0, 0.05) is 26.1 Å². The van der Waals surface area contributed by atoms with Gasteiger partial charge in [-0.15, -0.1) is 0 Å². The molecule has 156 valence electrons. The standard InChI is InChI=1S/C20H29FN2O4S/c1-22(18-4-2-3-5-19(18)24)20(25)16-10-12-23(13-11-16)28(26,27)14-15-6-8-17(21)9-7-15/h6-9,16,18-19,24H,2-5,10-14H2,1H3/t18-,19-/m0/s1. The van der Waals surface area contributed by atoms with Crippen LogP contribution >= 0.6 is 0 Å². The number of aliphatic hydroxyl groups excluding tert-OH is 1. The summed E-state index contributed by atoms with van der Waals surface area (Å²) in [5.74, 6) is -0.773. The number of nitrogens with zero attached hydrogens (tertiary/aromatic N) is 2. The molecular weight excluding hydrogens is 383 g/mol. The van der Waals surface area contributed by atoms with Crippen LogP contribution in [0.3, 0.4) is 0 Å². The summed E-state index contributed by atoms with van der Waals surface area (Å²) in [5, 5.41) is 10.2. The molecule has 1 aromatic rings. The van der Waals surface area contributed by atoms with Crippen molar-refractivity contribution >= 4 is 15.9 Å². The zero-order valence-corrected chi connectivity index (χ0v) is 17.1. The maximum atomic E-state index is 13.0. The minimum atomic E-state index is -3.50. The Morgan fingerprint density at radius 3 is 2.36 bits per heavy atom. The van der Waals surface area contributed by atoms with Gasteiger partial charge >= 0.3 is 0 Å². The Hall–Kier alpha value is -1.51. The SMILES string of the molecule is CN(C(=O)C1CCN(S(=O)(=O)Cc2ccc(F)cc2)CC1)[C@H]1CCCC[C@@H]1O. The first-order chi connectivity index (χ1) is 13.3. The molecule has 1 heterocycles. The van der Waals surface area contributed by atoms with Crippen molar-refractivity contribution in [2.75, 3.05) is 20.1 Å². The van der Waals surface area contributed by atoms with Gasteiger partial charge in [0.25, 0.3) is 0 Å². The highest BCUT2D eigenvalue weighted by Crippen LogP contribution is 2.27. The minimum Gasteiger partial charge on any atom is -0.391 e. The van der Waals surface area contributed by atoms with Gasteiger partial charge in [0.1, 0.15) is 5.82 Å². The van der Waals surface area contributed by atoms with Crippen LogP contribution in [0.1, 0.15) is 44.1 Å². The molecule has 8 heteroatoms. The molecule has 0 aromatic heterocycles. The van der Waals surface area contributed by atoms with E-state index in [-0.39, 0.29) is 23.6 Å². The van der Waals surface area contributed by atoms with Gasteiger partial charge in [-0.05, 0) is 43.4 Å². The molecule has 2 atom stereocenters. The van der Waals surface area contributed by atoms with Gasteiger partial charge in [0.15, 0.2) is 0 Å². The molecule has 0 spiro atoms. The third kappa shape index (κ3) is 4.90. The van der Waals surface area contributed by atoms with Crippen molar-refractivity contribution in [3.05, 3.63) is 35.6 Å². The van der Waals surface area contributed by atoms with Gasteiger partial charge in [-0.1, -0.05) is 25.0 Å². The van der Waals surface area contributed by atoms with E-state index in [4.69, 9.17) is 0 Å². The lowest BCUT2D eigenvalue weighted by molar-refractivity contribution is -0.141. The number of likely N-dealkylation sites (N-methyl/N-ethyl adjacent to an activating group) is 1. The second kappa shape index (κ2) is 8.88. The lowest BCUT2D eigenvalue weighted by atomic mass is 9.89. The number of benzene rings is 1. The number of hydrogen-bond acceptors (Lipinski definition) is 4. The number of rotatable bonds is 5. The number of piperidine rings is 1. The third-order valence-electron chi connectivity index (χ3n) is 6.00. The summed E-state index contributed by atoms with van der Waals surface area (Å²) in [6.45, 7) is 0.613. The fourth-order valence-corrected chi connectivity index (χ4v) is 5.82. The summed E-state index contributed by atoms with van der Waals surface area (Å²) in [7, 11) is -1.75. The molecule has 2 aliphatic rings. The van der Waals surface area contributed by atoms with Crippen molar-refractivity contribution in [1.82, 2.24) is 9.21 Å². The van der Waals surface area contributed by atoms with Crippen LogP contribution in [0.15, 0.2) is 24.3 Å². The van der Waals surface area contributed by atoms with Gasteiger partial charge in [-0.2, -0.15) is 0 Å². The number of sulfonamides is 1. The summed E-state index contributed by atoms with van der Waals surface area (Å²) >= 11 is 0. The summed E-state index contributed by atoms with van der Waals surface area (Å²) in [4.78, 5) is 14.5. The molecule has 1 aromatic carbocycles. The average Bonchev–Trinajstić information content (AvgIpc) is 2.69. The number of carbonyl (C=O) groups is 1. The van der Waals surface area contributed by atoms with Crippen molar-refractivity contribution in [2.24, 2.45) is 5.92 Å². The van der Waals surface area contributed by atoms with Crippen LogP contribution in [0.2, 0.25) is 0 Å². The number of hydrogen-bond donors (Lipinski definition) is 1. The lowest BCUT2D eigenvalue weighted by Gasteiger charge is -2.38. The maximum Gasteiger partial charge on any atom is 0.225 e. The van der Waals surface area contributed by atoms with E-state index in [1.54, 1.807) is 11.9 Å². The monoisotopic (exact) mass is 412 g/mol. The first kappa shape index (κ1) is 21.2. The second-order valence-corrected chi connectivity index (χ2v) is 9.89. The summed E-state index contributed by atoms with van der Waals surface area (Å²) in [6.07, 6.45) is 4.03. The molecule has 0 radical (unpaired) electrons. The van der Waals surface area contributed by atoms with Gasteiger partial charge in [-0.25, -0.2) is 17.1 Å². The Kier molecular flexibility index (Phi) is 6.73. The molecule has 0 bridgehead atoms. The van der Waals surface area contributed by atoms with Crippen molar-refractivity contribution in [2.45, 2.75) is 56.4 Å². The zero-order valence-electron chi connectivity index (χ0n) is 16.3. The van der Waals surface area contributed by atoms with Crippen LogP contribution in [-0.4, -0.2) is 60.9 Å². The van der Waals surface area contributed by atoms with E-state index in [0.717, 1.165) is 25.7 Å². The van der Waals surface area contributed by atoms with E-state index in [2.05, 4.69) is 0 Å². The lowest BCUT2D eigenvalue weighted by Crippen LogP contribution is -2.50. The van der Waals surface area contributed by atoms with Crippen molar-refractivity contribution in [3.63, 3.8) is 0 Å². The van der Waals surface area contributed by atoms with Crippen LogP contribution in [-0.2, 0) is 20.6 Å². The van der Waals surface area contributed by atoms with Gasteiger partial charge in [0.2, 0.25) is 15.9 Å². The Morgan fingerprint density at radius 1 is 1.14 bits per heavy atom. The molecule has 1 aliphatic heterocycles. The molecule has 1 saturated carbocycles. The fraction of sp³-hybridized carbons (Fsp3) is 0.650. The van der Waals surface area contributed by atoms with E-state index in [1.165, 1.54) is 28.6 Å². The van der Waals surface area contributed by atoms with E-state index < -0.39 is 21.9 Å². The van der Waals surface area contributed by atoms with E-state index in [1.807, 2.05) is 0 Å². The second-order valence-electron chi connectivity index (χ2n) is 7.92. The van der Waals surface area contributed by atoms with Gasteiger partial charge in [-0.3, -0.25) is 4.79 Å². The summed E-state index contributed by atoms with van der Waals surface area (Å²) in [6, 6.07) is 5.33. The number of aliphatic hydroxyl groups is 1. The number of halogens is 1. The van der Waals surface area contributed by atoms with Gasteiger partial charge in [0.05, 0.1) is 17.9 Å². The molecule has 3 rings (SSSR count). The quantitative estimate of drug-likeness (QED) is 0.804. The molecule has 2 fully saturated rings. The Morgan fingerprint density at radius 2 is 1.75 bits per heavy atom. The molecule has 1 saturated heterocycles. The van der Waals surface area contributed by atoms with Crippen LogP contribution in [0.25, 0.3) is 0 Å². The predicted molar refractivity (Wildman–Crippen MR) is 104 cm³/mol. The highest BCUT2D eigenvalue weighted by molar-refractivity contribution is 7.88. The molecule has 1 N–H and O–H groups in total. The molecule has 1 aliphatic carbocycles. The normalized spacial score (nSPS) is 24.8. The van der Waals surface area contributed by atoms with Crippen LogP contribution in [0, 0.1) is 11.7 Å².